The Hall–Kier alpha value is -1.85. The van der Waals surface area contributed by atoms with Crippen LogP contribution in [0.4, 0.5) is 0 Å². The zero-order valence-electron chi connectivity index (χ0n) is 7.61. The third-order valence-electron chi connectivity index (χ3n) is 1.54. The highest BCUT2D eigenvalue weighted by molar-refractivity contribution is 5.90. The molecule has 14 heavy (non-hydrogen) atoms. The van der Waals surface area contributed by atoms with Crippen LogP contribution in [0.5, 0.6) is 0 Å². The van der Waals surface area contributed by atoms with Gasteiger partial charge >= 0.3 is 11.9 Å². The molecule has 0 saturated heterocycles. The number of nitrogens with one attached hydrogen (secondary N) is 1. The highest BCUT2D eigenvalue weighted by Crippen LogP contribution is 2.07. The van der Waals surface area contributed by atoms with Crippen molar-refractivity contribution in [2.45, 2.75) is 13.3 Å². The predicted octanol–water partition coefficient (Wildman–Crippen LogP) is 0.214. The lowest BCUT2D eigenvalue weighted by molar-refractivity contribution is -0.136. The molecule has 0 unspecified atom stereocenters. The molecule has 0 aliphatic rings. The summed E-state index contributed by atoms with van der Waals surface area (Å²) in [4.78, 5) is 21.6. The van der Waals surface area contributed by atoms with E-state index in [1.807, 2.05) is 0 Å². The lowest BCUT2D eigenvalue weighted by Gasteiger charge is -2.00. The number of H-pyrrole nitrogens is 1. The molecule has 6 heteroatoms. The second-order valence-corrected chi connectivity index (χ2v) is 2.56. The first kappa shape index (κ1) is 10.2. The number of carbonyl (C=O) groups is 2. The summed E-state index contributed by atoms with van der Waals surface area (Å²) < 4.78 is 4.71. The normalized spacial score (nSPS) is 9.79. The first-order chi connectivity index (χ1) is 6.65. The van der Waals surface area contributed by atoms with Gasteiger partial charge in [-0.05, 0) is 6.92 Å². The Morgan fingerprint density at radius 3 is 2.93 bits per heavy atom. The molecule has 1 aromatic rings. The van der Waals surface area contributed by atoms with Gasteiger partial charge in [-0.25, -0.2) is 4.79 Å². The van der Waals surface area contributed by atoms with Crippen LogP contribution in [0.25, 0.3) is 0 Å². The van der Waals surface area contributed by atoms with E-state index in [1.165, 1.54) is 6.20 Å². The second kappa shape index (κ2) is 4.40. The summed E-state index contributed by atoms with van der Waals surface area (Å²) in [7, 11) is 0. The molecule has 0 fully saturated rings. The largest absolute Gasteiger partial charge is 0.481 e. The minimum atomic E-state index is -1.02. The predicted molar refractivity (Wildman–Crippen MR) is 45.9 cm³/mol. The molecule has 1 aromatic heterocycles. The summed E-state index contributed by atoms with van der Waals surface area (Å²) >= 11 is 0. The van der Waals surface area contributed by atoms with Crippen molar-refractivity contribution in [3.05, 3.63) is 17.5 Å². The van der Waals surface area contributed by atoms with Gasteiger partial charge in [-0.1, -0.05) is 0 Å². The van der Waals surface area contributed by atoms with Gasteiger partial charge in [0.25, 0.3) is 0 Å². The summed E-state index contributed by atoms with van der Waals surface area (Å²) in [6.07, 6.45) is 1.06. The number of aromatic nitrogens is 2. The highest BCUT2D eigenvalue weighted by Gasteiger charge is 2.16. The zero-order valence-corrected chi connectivity index (χ0v) is 7.61. The first-order valence-electron chi connectivity index (χ1n) is 4.06. The van der Waals surface area contributed by atoms with Gasteiger partial charge in [-0.3, -0.25) is 9.89 Å². The van der Waals surface area contributed by atoms with Crippen LogP contribution < -0.4 is 0 Å². The smallest absolute Gasteiger partial charge is 0.356 e. The monoisotopic (exact) mass is 198 g/mol. The molecular weight excluding hydrogens is 188 g/mol. The molecule has 76 valence electrons. The lowest BCUT2D eigenvalue weighted by atomic mass is 10.2. The van der Waals surface area contributed by atoms with Crippen LogP contribution in [-0.4, -0.2) is 33.8 Å². The standard InChI is InChI=1S/C8H10N2O4/c1-2-14-8(13)7-5(3-6(11)12)4-9-10-7/h4H,2-3H2,1H3,(H,9,10)(H,11,12). The summed E-state index contributed by atoms with van der Waals surface area (Å²) in [5.41, 5.74) is 0.435. The molecule has 0 aliphatic carbocycles. The lowest BCUT2D eigenvalue weighted by Crippen LogP contribution is -2.10. The van der Waals surface area contributed by atoms with E-state index in [4.69, 9.17) is 9.84 Å². The van der Waals surface area contributed by atoms with E-state index in [2.05, 4.69) is 10.2 Å². The third-order valence-corrected chi connectivity index (χ3v) is 1.54. The average molecular weight is 198 g/mol. The number of esters is 1. The van der Waals surface area contributed by atoms with Gasteiger partial charge in [0.2, 0.25) is 0 Å². The van der Waals surface area contributed by atoms with Crippen LogP contribution in [0.15, 0.2) is 6.20 Å². The van der Waals surface area contributed by atoms with E-state index in [0.717, 1.165) is 0 Å². The topological polar surface area (TPSA) is 92.3 Å². The van der Waals surface area contributed by atoms with Crippen molar-refractivity contribution in [3.63, 3.8) is 0 Å². The van der Waals surface area contributed by atoms with Crippen LogP contribution in [0.2, 0.25) is 0 Å². The van der Waals surface area contributed by atoms with E-state index in [-0.39, 0.29) is 18.7 Å². The zero-order chi connectivity index (χ0) is 10.6. The number of rotatable bonds is 4. The van der Waals surface area contributed by atoms with E-state index >= 15 is 0 Å². The number of hydrogen-bond acceptors (Lipinski definition) is 4. The molecule has 0 amide bonds. The third kappa shape index (κ3) is 2.32. The van der Waals surface area contributed by atoms with Crippen molar-refractivity contribution in [1.82, 2.24) is 10.2 Å². The Kier molecular flexibility index (Phi) is 3.22. The SMILES string of the molecule is CCOC(=O)c1[nH]ncc1CC(=O)O. The molecule has 0 atom stereocenters. The number of aliphatic carboxylic acids is 1. The number of nitrogens with zero attached hydrogens (tertiary/aromatic N) is 1. The van der Waals surface area contributed by atoms with Crippen molar-refractivity contribution < 1.29 is 19.4 Å². The number of ether oxygens (including phenoxy) is 1. The maximum absolute atomic E-state index is 11.2. The van der Waals surface area contributed by atoms with Crippen LogP contribution in [-0.2, 0) is 16.0 Å². The van der Waals surface area contributed by atoms with Crippen molar-refractivity contribution in [3.8, 4) is 0 Å². The Labute approximate surface area is 79.9 Å². The Balaban J connectivity index is 2.81. The molecule has 0 bridgehead atoms. The Morgan fingerprint density at radius 1 is 1.64 bits per heavy atom. The minimum absolute atomic E-state index is 0.106. The van der Waals surface area contributed by atoms with E-state index in [9.17, 15) is 9.59 Å². The Bertz CT molecular complexity index is 345. The number of carbonyl (C=O) groups excluding carboxylic acids is 1. The van der Waals surface area contributed by atoms with Gasteiger partial charge in [-0.2, -0.15) is 5.10 Å². The van der Waals surface area contributed by atoms with Crippen LogP contribution >= 0.6 is 0 Å². The van der Waals surface area contributed by atoms with Gasteiger partial charge in [0.05, 0.1) is 19.2 Å². The molecule has 1 heterocycles. The van der Waals surface area contributed by atoms with Gasteiger partial charge in [0.15, 0.2) is 0 Å². The van der Waals surface area contributed by atoms with Crippen molar-refractivity contribution >= 4 is 11.9 Å². The summed E-state index contributed by atoms with van der Waals surface area (Å²) in [6.45, 7) is 1.91. The van der Waals surface area contributed by atoms with Crippen molar-refractivity contribution in [2.24, 2.45) is 0 Å². The first-order valence-corrected chi connectivity index (χ1v) is 4.06. The summed E-state index contributed by atoms with van der Waals surface area (Å²) in [5.74, 6) is -1.60. The van der Waals surface area contributed by atoms with Crippen molar-refractivity contribution in [1.29, 1.82) is 0 Å². The van der Waals surface area contributed by atoms with Crippen molar-refractivity contribution in [2.75, 3.05) is 6.61 Å². The maximum atomic E-state index is 11.2. The van der Waals surface area contributed by atoms with Gasteiger partial charge in [0, 0.05) is 5.56 Å². The van der Waals surface area contributed by atoms with Crippen LogP contribution in [0.1, 0.15) is 23.0 Å². The number of aromatic amines is 1. The second-order valence-electron chi connectivity index (χ2n) is 2.56. The van der Waals surface area contributed by atoms with Crippen LogP contribution in [0.3, 0.4) is 0 Å². The molecular formula is C8H10N2O4. The summed E-state index contributed by atoms with van der Waals surface area (Å²) in [6, 6.07) is 0. The highest BCUT2D eigenvalue weighted by atomic mass is 16.5. The number of carboxylic acid groups (broad SMARTS) is 1. The van der Waals surface area contributed by atoms with Gasteiger partial charge in [-0.15, -0.1) is 0 Å². The molecule has 0 radical (unpaired) electrons. The molecule has 6 nitrogen and oxygen atoms in total. The number of carboxylic acids is 1. The quantitative estimate of drug-likeness (QED) is 0.675. The fourth-order valence-electron chi connectivity index (χ4n) is 0.988. The van der Waals surface area contributed by atoms with Gasteiger partial charge in [0.1, 0.15) is 5.69 Å². The van der Waals surface area contributed by atoms with Gasteiger partial charge < -0.3 is 9.84 Å². The maximum Gasteiger partial charge on any atom is 0.356 e. The van der Waals surface area contributed by atoms with Crippen LogP contribution in [0, 0.1) is 0 Å². The van der Waals surface area contributed by atoms with E-state index in [0.29, 0.717) is 5.56 Å². The average Bonchev–Trinajstić information content (AvgIpc) is 2.51. The van der Waals surface area contributed by atoms with E-state index in [1.54, 1.807) is 6.92 Å². The van der Waals surface area contributed by atoms with E-state index < -0.39 is 11.9 Å². The number of hydrogen-bond donors (Lipinski definition) is 2. The Morgan fingerprint density at radius 2 is 2.36 bits per heavy atom. The molecule has 0 saturated carbocycles. The molecule has 1 rings (SSSR count). The minimum Gasteiger partial charge on any atom is -0.481 e. The summed E-state index contributed by atoms with van der Waals surface area (Å²) in [5, 5.41) is 14.5. The molecule has 0 spiro atoms. The molecule has 0 aliphatic heterocycles. The fraction of sp³-hybridized carbons (Fsp3) is 0.375. The fourth-order valence-corrected chi connectivity index (χ4v) is 0.988. The molecule has 2 N–H and O–H groups in total. The molecule has 0 aromatic carbocycles.